The average molecular weight is 439 g/mol. The zero-order valence-electron chi connectivity index (χ0n) is 20.0. The van der Waals surface area contributed by atoms with Gasteiger partial charge in [0.05, 0.1) is 17.1 Å². The molecule has 4 rings (SSSR count). The predicted octanol–water partition coefficient (Wildman–Crippen LogP) is 6.08. The van der Waals surface area contributed by atoms with Gasteiger partial charge in [-0.3, -0.25) is 0 Å². The number of fused-ring (bicyclic) bond motifs is 1. The minimum Gasteiger partial charge on any atom is -0.362 e. The van der Waals surface area contributed by atoms with Gasteiger partial charge in [0, 0.05) is 18.8 Å². The van der Waals surface area contributed by atoms with Crippen molar-refractivity contribution in [3.8, 4) is 0 Å². The van der Waals surface area contributed by atoms with E-state index in [9.17, 15) is 0 Å². The first-order chi connectivity index (χ1) is 16.0. The van der Waals surface area contributed by atoms with Gasteiger partial charge in [-0.1, -0.05) is 78.9 Å². The number of imidazole rings is 1. The van der Waals surface area contributed by atoms with Crippen LogP contribution in [0.15, 0.2) is 79.4 Å². The second-order valence-electron chi connectivity index (χ2n) is 8.81. The summed E-state index contributed by atoms with van der Waals surface area (Å²) in [5, 5.41) is 0. The van der Waals surface area contributed by atoms with Crippen molar-refractivity contribution in [3.05, 3.63) is 107 Å². The lowest BCUT2D eigenvalue weighted by molar-refractivity contribution is 0.299. The molecule has 0 aliphatic rings. The summed E-state index contributed by atoms with van der Waals surface area (Å²) in [6, 6.07) is 25.6. The van der Waals surface area contributed by atoms with Crippen LogP contribution >= 0.6 is 0 Å². The highest BCUT2D eigenvalue weighted by atomic mass is 15.2. The summed E-state index contributed by atoms with van der Waals surface area (Å²) in [6.07, 6.45) is 0.896. The Morgan fingerprint density at radius 2 is 1.73 bits per heavy atom. The SMILES string of the molecule is C=C(c1ccc(C)cc1)N(CCCN)C(C)c1nc2c(C)cccc2n1Cc1ccccc1. The van der Waals surface area contributed by atoms with Crippen LogP contribution in [0.2, 0.25) is 0 Å². The smallest absolute Gasteiger partial charge is 0.132 e. The number of hydrogen-bond donors (Lipinski definition) is 1. The quantitative estimate of drug-likeness (QED) is 0.344. The van der Waals surface area contributed by atoms with Crippen LogP contribution in [-0.4, -0.2) is 27.5 Å². The maximum absolute atomic E-state index is 5.91. The molecule has 0 fully saturated rings. The number of benzene rings is 3. The summed E-state index contributed by atoms with van der Waals surface area (Å²) in [5.41, 5.74) is 14.0. The molecule has 0 aliphatic carbocycles. The number of para-hydroxylation sites is 1. The third-order valence-electron chi connectivity index (χ3n) is 6.37. The first-order valence-electron chi connectivity index (χ1n) is 11.7. The molecule has 0 saturated heterocycles. The zero-order valence-corrected chi connectivity index (χ0v) is 20.0. The lowest BCUT2D eigenvalue weighted by Gasteiger charge is -2.33. The summed E-state index contributed by atoms with van der Waals surface area (Å²) in [4.78, 5) is 7.53. The molecule has 0 saturated carbocycles. The molecule has 0 radical (unpaired) electrons. The summed E-state index contributed by atoms with van der Waals surface area (Å²) in [6.45, 7) is 13.2. The normalized spacial score (nSPS) is 12.1. The van der Waals surface area contributed by atoms with Crippen LogP contribution in [0.4, 0.5) is 0 Å². The Morgan fingerprint density at radius 3 is 2.42 bits per heavy atom. The van der Waals surface area contributed by atoms with Crippen molar-refractivity contribution in [1.29, 1.82) is 0 Å². The van der Waals surface area contributed by atoms with Crippen LogP contribution < -0.4 is 5.73 Å². The van der Waals surface area contributed by atoms with Gasteiger partial charge in [-0.05, 0) is 56.5 Å². The van der Waals surface area contributed by atoms with Crippen molar-refractivity contribution in [2.75, 3.05) is 13.1 Å². The van der Waals surface area contributed by atoms with E-state index < -0.39 is 0 Å². The third-order valence-corrected chi connectivity index (χ3v) is 6.37. The lowest BCUT2D eigenvalue weighted by atomic mass is 10.1. The molecule has 0 bridgehead atoms. The number of aromatic nitrogens is 2. The van der Waals surface area contributed by atoms with E-state index >= 15 is 0 Å². The van der Waals surface area contributed by atoms with Crippen LogP contribution in [0.5, 0.6) is 0 Å². The summed E-state index contributed by atoms with van der Waals surface area (Å²) < 4.78 is 2.36. The number of nitrogens with zero attached hydrogens (tertiary/aromatic N) is 3. The molecule has 1 heterocycles. The van der Waals surface area contributed by atoms with E-state index in [0.29, 0.717) is 6.54 Å². The number of hydrogen-bond acceptors (Lipinski definition) is 3. The fourth-order valence-corrected chi connectivity index (χ4v) is 4.43. The van der Waals surface area contributed by atoms with E-state index in [1.807, 2.05) is 0 Å². The van der Waals surface area contributed by atoms with E-state index in [1.54, 1.807) is 0 Å². The molecule has 0 spiro atoms. The van der Waals surface area contributed by atoms with Crippen molar-refractivity contribution in [2.24, 2.45) is 5.73 Å². The maximum Gasteiger partial charge on any atom is 0.132 e. The lowest BCUT2D eigenvalue weighted by Crippen LogP contribution is -2.30. The Morgan fingerprint density at radius 1 is 1.00 bits per heavy atom. The van der Waals surface area contributed by atoms with Gasteiger partial charge < -0.3 is 15.2 Å². The van der Waals surface area contributed by atoms with Crippen molar-refractivity contribution in [2.45, 2.75) is 39.8 Å². The van der Waals surface area contributed by atoms with Crippen molar-refractivity contribution in [3.63, 3.8) is 0 Å². The standard InChI is InChI=1S/C29H34N4/c1-21-14-16-26(17-15-21)23(3)32(19-9-18-30)24(4)29-31-28-22(2)10-8-13-27(28)33(29)20-25-11-6-5-7-12-25/h5-8,10-17,24H,3,9,18-20,30H2,1-2,4H3. The monoisotopic (exact) mass is 438 g/mol. The van der Waals surface area contributed by atoms with Gasteiger partial charge in [0.2, 0.25) is 0 Å². The van der Waals surface area contributed by atoms with Crippen LogP contribution in [0.1, 0.15) is 47.5 Å². The largest absolute Gasteiger partial charge is 0.362 e. The fourth-order valence-electron chi connectivity index (χ4n) is 4.43. The van der Waals surface area contributed by atoms with Crippen LogP contribution in [0, 0.1) is 13.8 Å². The van der Waals surface area contributed by atoms with Gasteiger partial charge in [-0.15, -0.1) is 0 Å². The Hall–Kier alpha value is -3.37. The first kappa shape index (κ1) is 22.8. The topological polar surface area (TPSA) is 47.1 Å². The van der Waals surface area contributed by atoms with Crippen LogP contribution in [0.25, 0.3) is 16.7 Å². The van der Waals surface area contributed by atoms with Crippen molar-refractivity contribution < 1.29 is 0 Å². The molecule has 1 unspecified atom stereocenters. The van der Waals surface area contributed by atoms with E-state index in [-0.39, 0.29) is 6.04 Å². The molecule has 1 atom stereocenters. The molecule has 33 heavy (non-hydrogen) atoms. The van der Waals surface area contributed by atoms with E-state index in [1.165, 1.54) is 22.2 Å². The second-order valence-corrected chi connectivity index (χ2v) is 8.81. The zero-order chi connectivity index (χ0) is 23.4. The fraction of sp³-hybridized carbons (Fsp3) is 0.276. The summed E-state index contributed by atoms with van der Waals surface area (Å²) >= 11 is 0. The first-order valence-corrected chi connectivity index (χ1v) is 11.7. The van der Waals surface area contributed by atoms with Crippen molar-refractivity contribution in [1.82, 2.24) is 14.5 Å². The summed E-state index contributed by atoms with van der Waals surface area (Å²) in [7, 11) is 0. The van der Waals surface area contributed by atoms with E-state index in [2.05, 4.69) is 110 Å². The molecule has 4 aromatic rings. The van der Waals surface area contributed by atoms with E-state index in [0.717, 1.165) is 42.1 Å². The van der Waals surface area contributed by atoms with Crippen LogP contribution in [0.3, 0.4) is 0 Å². The Bertz CT molecular complexity index is 1220. The third kappa shape index (κ3) is 4.86. The van der Waals surface area contributed by atoms with Crippen molar-refractivity contribution >= 4 is 16.7 Å². The Kier molecular flexibility index (Phi) is 6.95. The Labute approximate surface area is 197 Å². The van der Waals surface area contributed by atoms with Crippen LogP contribution in [-0.2, 0) is 6.54 Å². The van der Waals surface area contributed by atoms with Gasteiger partial charge in [0.1, 0.15) is 5.82 Å². The number of rotatable bonds is 9. The highest BCUT2D eigenvalue weighted by Gasteiger charge is 2.24. The molecule has 4 heteroatoms. The highest BCUT2D eigenvalue weighted by molar-refractivity contribution is 5.80. The molecule has 0 amide bonds. The summed E-state index contributed by atoms with van der Waals surface area (Å²) in [5.74, 6) is 1.05. The van der Waals surface area contributed by atoms with E-state index in [4.69, 9.17) is 10.7 Å². The molecule has 3 aromatic carbocycles. The molecule has 1 aromatic heterocycles. The van der Waals surface area contributed by atoms with Gasteiger partial charge in [0.25, 0.3) is 0 Å². The maximum atomic E-state index is 5.91. The molecular weight excluding hydrogens is 404 g/mol. The molecule has 0 aliphatic heterocycles. The highest BCUT2D eigenvalue weighted by Crippen LogP contribution is 2.32. The Balaban J connectivity index is 1.78. The molecule has 170 valence electrons. The molecule has 4 nitrogen and oxygen atoms in total. The predicted molar refractivity (Wildman–Crippen MR) is 139 cm³/mol. The van der Waals surface area contributed by atoms with Gasteiger partial charge in [-0.25, -0.2) is 4.98 Å². The number of nitrogens with two attached hydrogens (primary N) is 1. The second kappa shape index (κ2) is 10.1. The molecular formula is C29H34N4. The average Bonchev–Trinajstić information content (AvgIpc) is 3.20. The van der Waals surface area contributed by atoms with Gasteiger partial charge in [-0.2, -0.15) is 0 Å². The minimum absolute atomic E-state index is 0.0425. The molecule has 2 N–H and O–H groups in total. The number of aryl methyl sites for hydroxylation is 2. The minimum atomic E-state index is 0.0425. The van der Waals surface area contributed by atoms with Gasteiger partial charge >= 0.3 is 0 Å². The van der Waals surface area contributed by atoms with Gasteiger partial charge in [0.15, 0.2) is 0 Å².